The molecule has 0 unspecified atom stereocenters. The van der Waals surface area contributed by atoms with Crippen molar-refractivity contribution in [3.05, 3.63) is 48.3 Å². The Morgan fingerprint density at radius 1 is 1.25 bits per heavy atom. The minimum atomic E-state index is -0.196. The minimum absolute atomic E-state index is 0.196. The van der Waals surface area contributed by atoms with Crippen LogP contribution in [0.15, 0.2) is 42.7 Å². The third kappa shape index (κ3) is 2.46. The molecule has 1 amide bonds. The van der Waals surface area contributed by atoms with Crippen molar-refractivity contribution >= 4 is 32.6 Å². The summed E-state index contributed by atoms with van der Waals surface area (Å²) in [7, 11) is 1.61. The van der Waals surface area contributed by atoms with Crippen molar-refractivity contribution in [3.8, 4) is 5.75 Å². The van der Waals surface area contributed by atoms with Crippen molar-refractivity contribution in [3.63, 3.8) is 0 Å². The zero-order valence-electron chi connectivity index (χ0n) is 10.7. The highest BCUT2D eigenvalue weighted by Gasteiger charge is 2.10. The molecule has 6 heteroatoms. The van der Waals surface area contributed by atoms with Gasteiger partial charge >= 0.3 is 0 Å². The van der Waals surface area contributed by atoms with Crippen molar-refractivity contribution in [2.24, 2.45) is 0 Å². The second kappa shape index (κ2) is 5.26. The summed E-state index contributed by atoms with van der Waals surface area (Å²) in [6.45, 7) is 0. The van der Waals surface area contributed by atoms with Crippen LogP contribution in [0.25, 0.3) is 10.2 Å². The Balaban J connectivity index is 1.86. The van der Waals surface area contributed by atoms with Crippen LogP contribution in [0, 0.1) is 0 Å². The van der Waals surface area contributed by atoms with E-state index < -0.39 is 0 Å². The second-order valence-electron chi connectivity index (χ2n) is 4.04. The lowest BCUT2D eigenvalue weighted by Crippen LogP contribution is -2.11. The number of hydrogen-bond donors (Lipinski definition) is 1. The van der Waals surface area contributed by atoms with Gasteiger partial charge in [-0.1, -0.05) is 11.3 Å². The first-order valence-corrected chi connectivity index (χ1v) is 6.74. The quantitative estimate of drug-likeness (QED) is 0.803. The fourth-order valence-electron chi connectivity index (χ4n) is 1.76. The average Bonchev–Trinajstić information content (AvgIpc) is 2.89. The number of nitrogens with one attached hydrogen (secondary N) is 1. The Kier molecular flexibility index (Phi) is 3.30. The van der Waals surface area contributed by atoms with Gasteiger partial charge in [-0.25, -0.2) is 4.98 Å². The first-order chi connectivity index (χ1) is 9.76. The van der Waals surface area contributed by atoms with Crippen molar-refractivity contribution in [2.45, 2.75) is 0 Å². The van der Waals surface area contributed by atoms with Crippen molar-refractivity contribution in [1.82, 2.24) is 9.97 Å². The number of rotatable bonds is 3. The summed E-state index contributed by atoms with van der Waals surface area (Å²) in [6, 6.07) is 8.95. The maximum atomic E-state index is 12.0. The second-order valence-corrected chi connectivity index (χ2v) is 5.07. The number of carbonyl (C=O) groups excluding carboxylic acids is 1. The molecule has 3 rings (SSSR count). The molecule has 0 saturated carbocycles. The number of methoxy groups -OCH3 is 1. The molecule has 0 bridgehead atoms. The van der Waals surface area contributed by atoms with E-state index in [4.69, 9.17) is 4.74 Å². The summed E-state index contributed by atoms with van der Waals surface area (Å²) in [5.41, 5.74) is 1.36. The van der Waals surface area contributed by atoms with Gasteiger partial charge in [-0.05, 0) is 24.3 Å². The average molecular weight is 285 g/mol. The number of nitrogens with zero attached hydrogens (tertiary/aromatic N) is 2. The zero-order chi connectivity index (χ0) is 13.9. The van der Waals surface area contributed by atoms with Gasteiger partial charge < -0.3 is 4.74 Å². The Hall–Kier alpha value is -2.47. The topological polar surface area (TPSA) is 64.1 Å². The lowest BCUT2D eigenvalue weighted by Gasteiger charge is -1.99. The summed E-state index contributed by atoms with van der Waals surface area (Å²) < 4.78 is 6.15. The summed E-state index contributed by atoms with van der Waals surface area (Å²) in [5, 5.41) is 3.35. The van der Waals surface area contributed by atoms with E-state index in [1.54, 1.807) is 31.6 Å². The third-order valence-corrected chi connectivity index (χ3v) is 3.71. The van der Waals surface area contributed by atoms with Crippen LogP contribution >= 0.6 is 11.3 Å². The number of carbonyl (C=O) groups is 1. The molecule has 2 heterocycles. The molecular formula is C14H11N3O2S. The van der Waals surface area contributed by atoms with Gasteiger partial charge in [0.1, 0.15) is 5.75 Å². The van der Waals surface area contributed by atoms with Crippen LogP contribution in [0.1, 0.15) is 10.4 Å². The first-order valence-electron chi connectivity index (χ1n) is 5.92. The molecular weight excluding hydrogens is 274 g/mol. The number of hydrogen-bond acceptors (Lipinski definition) is 5. The first kappa shape index (κ1) is 12.6. The summed E-state index contributed by atoms with van der Waals surface area (Å²) in [5.74, 6) is 0.549. The molecule has 1 aromatic carbocycles. The molecule has 0 aliphatic heterocycles. The van der Waals surface area contributed by atoms with Gasteiger partial charge in [-0.15, -0.1) is 0 Å². The van der Waals surface area contributed by atoms with Gasteiger partial charge in [0, 0.05) is 24.0 Å². The number of benzene rings is 1. The molecule has 3 aromatic rings. The smallest absolute Gasteiger partial charge is 0.257 e. The molecule has 2 aromatic heterocycles. The van der Waals surface area contributed by atoms with Crippen LogP contribution in [0.5, 0.6) is 5.75 Å². The Labute approximate surface area is 119 Å². The molecule has 0 aliphatic rings. The number of fused-ring (bicyclic) bond motifs is 1. The molecule has 0 saturated heterocycles. The van der Waals surface area contributed by atoms with E-state index in [9.17, 15) is 4.79 Å². The number of anilines is 1. The molecule has 1 N–H and O–H groups in total. The molecule has 0 spiro atoms. The molecule has 0 aliphatic carbocycles. The van der Waals surface area contributed by atoms with Gasteiger partial charge in [0.15, 0.2) is 5.13 Å². The number of amides is 1. The fourth-order valence-corrected chi connectivity index (χ4v) is 2.60. The van der Waals surface area contributed by atoms with Crippen LogP contribution in [-0.4, -0.2) is 23.0 Å². The Morgan fingerprint density at radius 2 is 2.05 bits per heavy atom. The highest BCUT2D eigenvalue weighted by Crippen LogP contribution is 2.28. The van der Waals surface area contributed by atoms with Crippen molar-refractivity contribution in [1.29, 1.82) is 0 Å². The van der Waals surface area contributed by atoms with E-state index in [0.717, 1.165) is 16.0 Å². The molecule has 20 heavy (non-hydrogen) atoms. The maximum absolute atomic E-state index is 12.0. The van der Waals surface area contributed by atoms with Gasteiger partial charge in [-0.3, -0.25) is 15.1 Å². The molecule has 0 fully saturated rings. The van der Waals surface area contributed by atoms with Crippen LogP contribution in [0.2, 0.25) is 0 Å². The Morgan fingerprint density at radius 3 is 2.80 bits per heavy atom. The number of thiazole rings is 1. The van der Waals surface area contributed by atoms with E-state index in [2.05, 4.69) is 15.3 Å². The zero-order valence-corrected chi connectivity index (χ0v) is 11.5. The molecule has 100 valence electrons. The van der Waals surface area contributed by atoms with E-state index in [-0.39, 0.29) is 5.91 Å². The lowest BCUT2D eigenvalue weighted by atomic mass is 10.2. The lowest BCUT2D eigenvalue weighted by molar-refractivity contribution is 0.102. The van der Waals surface area contributed by atoms with E-state index >= 15 is 0 Å². The summed E-state index contributed by atoms with van der Waals surface area (Å²) in [6.07, 6.45) is 3.16. The number of pyridine rings is 1. The van der Waals surface area contributed by atoms with E-state index in [1.807, 2.05) is 18.2 Å². The maximum Gasteiger partial charge on any atom is 0.257 e. The van der Waals surface area contributed by atoms with E-state index in [1.165, 1.54) is 11.3 Å². The van der Waals surface area contributed by atoms with Crippen LogP contribution in [0.3, 0.4) is 0 Å². The molecule has 5 nitrogen and oxygen atoms in total. The molecule has 0 radical (unpaired) electrons. The SMILES string of the molecule is COc1ccc2sc(NC(=O)c3ccncc3)nc2c1. The summed E-state index contributed by atoms with van der Waals surface area (Å²) >= 11 is 1.43. The molecule has 0 atom stereocenters. The van der Waals surface area contributed by atoms with Gasteiger partial charge in [0.2, 0.25) is 0 Å². The predicted octanol–water partition coefficient (Wildman–Crippen LogP) is 2.95. The normalized spacial score (nSPS) is 10.4. The van der Waals surface area contributed by atoms with Gasteiger partial charge in [0.05, 0.1) is 17.3 Å². The van der Waals surface area contributed by atoms with E-state index in [0.29, 0.717) is 10.7 Å². The monoisotopic (exact) mass is 285 g/mol. The number of ether oxygens (including phenoxy) is 1. The van der Waals surface area contributed by atoms with Crippen molar-refractivity contribution < 1.29 is 9.53 Å². The van der Waals surface area contributed by atoms with Crippen LogP contribution < -0.4 is 10.1 Å². The standard InChI is InChI=1S/C14H11N3O2S/c1-19-10-2-3-12-11(8-10)16-14(20-12)17-13(18)9-4-6-15-7-5-9/h2-8H,1H3,(H,16,17,18). The van der Waals surface area contributed by atoms with Crippen LogP contribution in [-0.2, 0) is 0 Å². The fraction of sp³-hybridized carbons (Fsp3) is 0.0714. The van der Waals surface area contributed by atoms with Gasteiger partial charge in [0.25, 0.3) is 5.91 Å². The van der Waals surface area contributed by atoms with Crippen molar-refractivity contribution in [2.75, 3.05) is 12.4 Å². The Bertz CT molecular complexity index is 755. The number of aromatic nitrogens is 2. The highest BCUT2D eigenvalue weighted by molar-refractivity contribution is 7.22. The minimum Gasteiger partial charge on any atom is -0.497 e. The largest absolute Gasteiger partial charge is 0.497 e. The van der Waals surface area contributed by atoms with Crippen LogP contribution in [0.4, 0.5) is 5.13 Å². The predicted molar refractivity (Wildman–Crippen MR) is 78.4 cm³/mol. The highest BCUT2D eigenvalue weighted by atomic mass is 32.1. The summed E-state index contributed by atoms with van der Waals surface area (Å²) in [4.78, 5) is 20.3. The third-order valence-electron chi connectivity index (χ3n) is 2.76. The van der Waals surface area contributed by atoms with Gasteiger partial charge in [-0.2, -0.15) is 0 Å².